The Morgan fingerprint density at radius 1 is 1.16 bits per heavy atom. The third-order valence-electron chi connectivity index (χ3n) is 5.26. The van der Waals surface area contributed by atoms with Crippen molar-refractivity contribution < 1.29 is 32.5 Å². The van der Waals surface area contributed by atoms with Crippen LogP contribution in [0, 0.1) is 5.92 Å². The summed E-state index contributed by atoms with van der Waals surface area (Å²) in [6, 6.07) is 9.97. The van der Waals surface area contributed by atoms with Crippen LogP contribution in [0.3, 0.4) is 0 Å². The van der Waals surface area contributed by atoms with Crippen molar-refractivity contribution in [2.45, 2.75) is 25.1 Å². The summed E-state index contributed by atoms with van der Waals surface area (Å²) in [5.41, 5.74) is 1.71. The molecular formula is C23H19F3N2O4. The van der Waals surface area contributed by atoms with E-state index in [9.17, 15) is 23.1 Å². The van der Waals surface area contributed by atoms with Gasteiger partial charge in [-0.1, -0.05) is 12.1 Å². The topological polar surface area (TPSA) is 81.5 Å². The smallest absolute Gasteiger partial charge is 0.416 e. The fourth-order valence-electron chi connectivity index (χ4n) is 3.43. The summed E-state index contributed by atoms with van der Waals surface area (Å²) in [4.78, 5) is 20.0. The predicted octanol–water partition coefficient (Wildman–Crippen LogP) is 4.94. The minimum atomic E-state index is -4.38. The molecule has 2 heterocycles. The second-order valence-electron chi connectivity index (χ2n) is 7.46. The normalized spacial score (nSPS) is 17.6. The lowest BCUT2D eigenvalue weighted by atomic mass is 10.1. The number of carboxylic acid groups (broad SMARTS) is 1. The molecule has 2 atom stereocenters. The summed E-state index contributed by atoms with van der Waals surface area (Å²) in [5.74, 6) is -0.566. The first kappa shape index (κ1) is 21.6. The van der Waals surface area contributed by atoms with Crippen molar-refractivity contribution in [2.24, 2.45) is 5.92 Å². The molecule has 1 N–H and O–H groups in total. The minimum absolute atomic E-state index is 0.0763. The van der Waals surface area contributed by atoms with Crippen LogP contribution in [0.15, 0.2) is 54.9 Å². The van der Waals surface area contributed by atoms with Crippen molar-refractivity contribution in [1.29, 1.82) is 0 Å². The molecule has 0 amide bonds. The predicted molar refractivity (Wildman–Crippen MR) is 108 cm³/mol. The highest BCUT2D eigenvalue weighted by atomic mass is 19.4. The van der Waals surface area contributed by atoms with E-state index in [2.05, 4.69) is 9.97 Å². The second-order valence-corrected chi connectivity index (χ2v) is 7.46. The number of halogens is 3. The van der Waals surface area contributed by atoms with E-state index in [0.29, 0.717) is 40.4 Å². The molecule has 0 spiro atoms. The maximum atomic E-state index is 12.7. The first-order chi connectivity index (χ1) is 15.3. The highest BCUT2D eigenvalue weighted by Gasteiger charge is 2.46. The van der Waals surface area contributed by atoms with E-state index in [0.717, 1.165) is 12.1 Å². The van der Waals surface area contributed by atoms with Gasteiger partial charge in [0.05, 0.1) is 36.2 Å². The number of hydrogen-bond donors (Lipinski definition) is 1. The average Bonchev–Trinajstić information content (AvgIpc) is 3.58. The van der Waals surface area contributed by atoms with Crippen LogP contribution in [0.25, 0.3) is 11.3 Å². The van der Waals surface area contributed by atoms with Crippen LogP contribution in [0.4, 0.5) is 13.2 Å². The number of rotatable bonds is 7. The van der Waals surface area contributed by atoms with Crippen LogP contribution >= 0.6 is 0 Å². The molecule has 9 heteroatoms. The Morgan fingerprint density at radius 3 is 2.53 bits per heavy atom. The summed E-state index contributed by atoms with van der Waals surface area (Å²) in [6.45, 7) is 0.0763. The van der Waals surface area contributed by atoms with Gasteiger partial charge >= 0.3 is 12.1 Å². The molecule has 0 saturated heterocycles. The van der Waals surface area contributed by atoms with Gasteiger partial charge in [-0.3, -0.25) is 9.78 Å². The fraction of sp³-hybridized carbons (Fsp3) is 0.261. The molecule has 2 aromatic heterocycles. The summed E-state index contributed by atoms with van der Waals surface area (Å²) in [5, 5.41) is 9.23. The first-order valence-corrected chi connectivity index (χ1v) is 9.78. The first-order valence-electron chi connectivity index (χ1n) is 9.78. The molecule has 1 saturated carbocycles. The average molecular weight is 444 g/mol. The molecule has 0 radical (unpaired) electrons. The van der Waals surface area contributed by atoms with Crippen molar-refractivity contribution in [1.82, 2.24) is 9.97 Å². The molecule has 0 aliphatic heterocycles. The Balaban J connectivity index is 1.50. The summed E-state index contributed by atoms with van der Waals surface area (Å²) < 4.78 is 49.1. The number of nitrogens with zero attached hydrogens (tertiary/aromatic N) is 2. The molecule has 0 unspecified atom stereocenters. The minimum Gasteiger partial charge on any atom is -0.495 e. The number of pyridine rings is 2. The number of benzene rings is 1. The van der Waals surface area contributed by atoms with Crippen LogP contribution in [-0.2, 0) is 17.6 Å². The van der Waals surface area contributed by atoms with Crippen LogP contribution in [0.1, 0.15) is 29.2 Å². The Hall–Kier alpha value is -3.62. The second kappa shape index (κ2) is 8.49. The highest BCUT2D eigenvalue weighted by molar-refractivity contribution is 5.75. The van der Waals surface area contributed by atoms with Crippen molar-refractivity contribution in [2.75, 3.05) is 7.11 Å². The van der Waals surface area contributed by atoms with Gasteiger partial charge in [-0.15, -0.1) is 0 Å². The summed E-state index contributed by atoms with van der Waals surface area (Å²) >= 11 is 0. The Bertz CT molecular complexity index is 1130. The maximum Gasteiger partial charge on any atom is 0.416 e. The Labute approximate surface area is 181 Å². The van der Waals surface area contributed by atoms with Gasteiger partial charge in [-0.25, -0.2) is 4.98 Å². The molecule has 4 rings (SSSR count). The van der Waals surface area contributed by atoms with Gasteiger partial charge in [0.1, 0.15) is 18.1 Å². The molecular weight excluding hydrogens is 425 g/mol. The van der Waals surface area contributed by atoms with Gasteiger partial charge < -0.3 is 14.6 Å². The van der Waals surface area contributed by atoms with Gasteiger partial charge in [0.2, 0.25) is 0 Å². The van der Waals surface area contributed by atoms with E-state index in [1.165, 1.54) is 25.4 Å². The quantitative estimate of drug-likeness (QED) is 0.556. The molecule has 3 aromatic rings. The largest absolute Gasteiger partial charge is 0.495 e. The number of carbonyl (C=O) groups is 1. The number of aliphatic carboxylic acids is 1. The Kier molecular flexibility index (Phi) is 5.73. The molecule has 1 aromatic carbocycles. The molecule has 1 aliphatic carbocycles. The van der Waals surface area contributed by atoms with Gasteiger partial charge in [0.25, 0.3) is 0 Å². The molecule has 166 valence electrons. The number of ether oxygens (including phenoxy) is 2. The van der Waals surface area contributed by atoms with E-state index in [-0.39, 0.29) is 12.5 Å². The van der Waals surface area contributed by atoms with Gasteiger partial charge in [0, 0.05) is 17.7 Å². The number of methoxy groups -OCH3 is 1. The lowest BCUT2D eigenvalue weighted by molar-refractivity contribution is -0.139. The Morgan fingerprint density at radius 2 is 1.91 bits per heavy atom. The summed E-state index contributed by atoms with van der Waals surface area (Å²) in [6.07, 6.45) is -0.770. The van der Waals surface area contributed by atoms with Crippen LogP contribution in [-0.4, -0.2) is 28.2 Å². The van der Waals surface area contributed by atoms with Crippen LogP contribution in [0.5, 0.6) is 11.5 Å². The van der Waals surface area contributed by atoms with E-state index in [1.54, 1.807) is 24.4 Å². The lowest BCUT2D eigenvalue weighted by Gasteiger charge is -2.11. The monoisotopic (exact) mass is 444 g/mol. The van der Waals surface area contributed by atoms with Gasteiger partial charge in [-0.05, 0) is 42.3 Å². The van der Waals surface area contributed by atoms with Crippen LogP contribution < -0.4 is 9.47 Å². The third-order valence-corrected chi connectivity index (χ3v) is 5.26. The number of alkyl halides is 3. The van der Waals surface area contributed by atoms with Crippen molar-refractivity contribution in [3.05, 3.63) is 71.7 Å². The molecule has 32 heavy (non-hydrogen) atoms. The standard InChI is InChI=1S/C23H19F3N2O4/c1-31-20-7-6-19(28-21(20)17-9-18(17)22(29)30)14-8-16(11-27-10-14)32-12-13-2-4-15(5-3-13)23(24,25)26/h2-8,10-11,17-18H,9,12H2,1H3,(H,29,30)/t17-,18-/m0/s1. The van der Waals surface area contributed by atoms with Crippen LogP contribution in [0.2, 0.25) is 0 Å². The number of aromatic nitrogens is 2. The maximum absolute atomic E-state index is 12.7. The molecule has 0 bridgehead atoms. The SMILES string of the molecule is COc1ccc(-c2cncc(OCc3ccc(C(F)(F)F)cc3)c2)nc1[C@H]1C[C@@H]1C(=O)O. The zero-order valence-corrected chi connectivity index (χ0v) is 17.0. The zero-order chi connectivity index (χ0) is 22.9. The van der Waals surface area contributed by atoms with E-state index >= 15 is 0 Å². The summed E-state index contributed by atoms with van der Waals surface area (Å²) in [7, 11) is 1.51. The van der Waals surface area contributed by atoms with E-state index < -0.39 is 23.6 Å². The van der Waals surface area contributed by atoms with Crippen molar-refractivity contribution >= 4 is 5.97 Å². The van der Waals surface area contributed by atoms with Crippen molar-refractivity contribution in [3.8, 4) is 22.8 Å². The lowest BCUT2D eigenvalue weighted by Crippen LogP contribution is -2.05. The molecule has 1 aliphatic rings. The van der Waals surface area contributed by atoms with E-state index in [4.69, 9.17) is 9.47 Å². The van der Waals surface area contributed by atoms with Gasteiger partial charge in [-0.2, -0.15) is 13.2 Å². The fourth-order valence-corrected chi connectivity index (χ4v) is 3.43. The third kappa shape index (κ3) is 4.66. The van der Waals surface area contributed by atoms with Crippen molar-refractivity contribution in [3.63, 3.8) is 0 Å². The van der Waals surface area contributed by atoms with Gasteiger partial charge in [0.15, 0.2) is 0 Å². The number of hydrogen-bond acceptors (Lipinski definition) is 5. The van der Waals surface area contributed by atoms with E-state index in [1.807, 2.05) is 0 Å². The molecule has 6 nitrogen and oxygen atoms in total. The zero-order valence-electron chi connectivity index (χ0n) is 17.0. The molecule has 1 fully saturated rings. The highest BCUT2D eigenvalue weighted by Crippen LogP contribution is 2.50. The number of carboxylic acids is 1.